The molecule has 174 valence electrons. The van der Waals surface area contributed by atoms with Crippen LogP contribution in [0.5, 0.6) is 5.75 Å². The maximum absolute atomic E-state index is 13.6. The smallest absolute Gasteiger partial charge is 0.419 e. The van der Waals surface area contributed by atoms with Crippen molar-refractivity contribution in [3.05, 3.63) is 42.3 Å². The first-order valence-electron chi connectivity index (χ1n) is 10.3. The number of rotatable bonds is 6. The van der Waals surface area contributed by atoms with E-state index in [2.05, 4.69) is 16.7 Å². The van der Waals surface area contributed by atoms with Crippen LogP contribution in [0.1, 0.15) is 57.5 Å². The lowest BCUT2D eigenvalue weighted by atomic mass is 10.1. The summed E-state index contributed by atoms with van der Waals surface area (Å²) in [4.78, 5) is 18.3. The summed E-state index contributed by atoms with van der Waals surface area (Å²) in [7, 11) is 0. The molecular weight excluding hydrogens is 427 g/mol. The van der Waals surface area contributed by atoms with Crippen molar-refractivity contribution in [3.8, 4) is 17.1 Å². The van der Waals surface area contributed by atoms with Crippen LogP contribution in [0, 0.1) is 0 Å². The van der Waals surface area contributed by atoms with Gasteiger partial charge in [-0.2, -0.15) is 18.2 Å². The predicted octanol–water partition coefficient (Wildman–Crippen LogP) is 5.78. The van der Waals surface area contributed by atoms with Gasteiger partial charge in [-0.05, 0) is 58.2 Å². The van der Waals surface area contributed by atoms with E-state index in [0.29, 0.717) is 19.4 Å². The second-order valence-electron chi connectivity index (χ2n) is 8.42. The highest BCUT2D eigenvalue weighted by molar-refractivity contribution is 5.69. The summed E-state index contributed by atoms with van der Waals surface area (Å²) < 4.78 is 56.7. The number of alkyl halides is 3. The highest BCUT2D eigenvalue weighted by Gasteiger charge is 2.38. The fourth-order valence-electron chi connectivity index (χ4n) is 3.32. The molecule has 0 radical (unpaired) electrons. The van der Waals surface area contributed by atoms with Gasteiger partial charge in [0.05, 0.1) is 12.2 Å². The molecule has 1 saturated heterocycles. The Hall–Kier alpha value is -3.04. The van der Waals surface area contributed by atoms with E-state index in [4.69, 9.17) is 14.0 Å². The lowest BCUT2D eigenvalue weighted by Crippen LogP contribution is -2.36. The number of carbonyl (C=O) groups excluding carboxylic acids is 1. The number of nitrogens with zero attached hydrogens (tertiary/aromatic N) is 3. The number of carbonyl (C=O) groups is 1. The van der Waals surface area contributed by atoms with Gasteiger partial charge < -0.3 is 14.0 Å². The Morgan fingerprint density at radius 2 is 2.09 bits per heavy atom. The molecule has 1 atom stereocenters. The van der Waals surface area contributed by atoms with Crippen LogP contribution in [-0.4, -0.2) is 39.9 Å². The Morgan fingerprint density at radius 1 is 1.34 bits per heavy atom. The molecule has 2 heterocycles. The maximum Gasteiger partial charge on any atom is 0.419 e. The third-order valence-electron chi connectivity index (χ3n) is 4.73. The first-order valence-corrected chi connectivity index (χ1v) is 10.3. The van der Waals surface area contributed by atoms with Crippen molar-refractivity contribution in [1.82, 2.24) is 15.0 Å². The minimum atomic E-state index is -4.62. The minimum absolute atomic E-state index is 0.000759. The second-order valence-corrected chi connectivity index (χ2v) is 8.42. The largest absolute Gasteiger partial charge is 0.493 e. The molecule has 0 N–H and O–H groups in total. The number of ether oxygens (including phenoxy) is 2. The Labute approximate surface area is 184 Å². The second kappa shape index (κ2) is 9.22. The van der Waals surface area contributed by atoms with Gasteiger partial charge in [0, 0.05) is 12.1 Å². The first-order chi connectivity index (χ1) is 15.0. The minimum Gasteiger partial charge on any atom is -0.493 e. The molecule has 0 spiro atoms. The zero-order chi connectivity index (χ0) is 23.5. The van der Waals surface area contributed by atoms with E-state index in [1.54, 1.807) is 26.8 Å². The van der Waals surface area contributed by atoms with Gasteiger partial charge in [-0.3, -0.25) is 4.90 Å². The zero-order valence-corrected chi connectivity index (χ0v) is 18.2. The van der Waals surface area contributed by atoms with Crippen LogP contribution in [0.3, 0.4) is 0 Å². The molecule has 1 aliphatic rings. The molecule has 1 amide bonds. The summed E-state index contributed by atoms with van der Waals surface area (Å²) in [5.41, 5.74) is -1.46. The lowest BCUT2D eigenvalue weighted by Gasteiger charge is -2.26. The van der Waals surface area contributed by atoms with E-state index < -0.39 is 29.5 Å². The van der Waals surface area contributed by atoms with Crippen molar-refractivity contribution in [2.75, 3.05) is 13.2 Å². The van der Waals surface area contributed by atoms with Crippen molar-refractivity contribution in [2.45, 2.75) is 57.9 Å². The molecular formula is C22H26F3N3O4. The summed E-state index contributed by atoms with van der Waals surface area (Å²) in [5, 5.41) is 3.84. The van der Waals surface area contributed by atoms with Crippen molar-refractivity contribution in [2.24, 2.45) is 0 Å². The third kappa shape index (κ3) is 5.60. The van der Waals surface area contributed by atoms with Crippen molar-refractivity contribution in [1.29, 1.82) is 0 Å². The number of halogens is 3. The van der Waals surface area contributed by atoms with E-state index >= 15 is 0 Å². The monoisotopic (exact) mass is 453 g/mol. The molecule has 0 saturated carbocycles. The van der Waals surface area contributed by atoms with Crippen LogP contribution in [-0.2, 0) is 10.9 Å². The normalized spacial score (nSPS) is 16.8. The van der Waals surface area contributed by atoms with Crippen molar-refractivity contribution in [3.63, 3.8) is 0 Å². The number of aromatic nitrogens is 2. The van der Waals surface area contributed by atoms with E-state index in [0.717, 1.165) is 12.5 Å². The number of hydrogen-bond acceptors (Lipinski definition) is 6. The number of hydrogen-bond donors (Lipinski definition) is 0. The zero-order valence-electron chi connectivity index (χ0n) is 18.2. The first kappa shape index (κ1) is 23.6. The fraction of sp³-hybridized carbons (Fsp3) is 0.500. The van der Waals surface area contributed by atoms with Gasteiger partial charge in [-0.15, -0.1) is 6.58 Å². The van der Waals surface area contributed by atoms with Gasteiger partial charge in [0.2, 0.25) is 11.7 Å². The Kier molecular flexibility index (Phi) is 6.80. The molecule has 1 aliphatic heterocycles. The average Bonchev–Trinajstić information content (AvgIpc) is 3.35. The van der Waals surface area contributed by atoms with Gasteiger partial charge in [0.1, 0.15) is 17.4 Å². The van der Waals surface area contributed by atoms with Gasteiger partial charge in [-0.25, -0.2) is 4.79 Å². The Morgan fingerprint density at radius 3 is 2.75 bits per heavy atom. The maximum atomic E-state index is 13.6. The summed E-state index contributed by atoms with van der Waals surface area (Å²) >= 11 is 0. The summed E-state index contributed by atoms with van der Waals surface area (Å²) in [6.07, 6.45) is -1.83. The average molecular weight is 453 g/mol. The topological polar surface area (TPSA) is 77.7 Å². The fourth-order valence-corrected chi connectivity index (χ4v) is 3.32. The van der Waals surface area contributed by atoms with E-state index in [1.165, 1.54) is 17.0 Å². The summed E-state index contributed by atoms with van der Waals surface area (Å²) in [6.45, 7) is 9.37. The van der Waals surface area contributed by atoms with Gasteiger partial charge in [-0.1, -0.05) is 11.2 Å². The summed E-state index contributed by atoms with van der Waals surface area (Å²) in [5.74, 6) is -0.124. The quantitative estimate of drug-likeness (QED) is 0.407. The molecule has 0 bridgehead atoms. The number of amides is 1. The summed E-state index contributed by atoms with van der Waals surface area (Å²) in [6, 6.07) is 3.11. The van der Waals surface area contributed by atoms with Crippen LogP contribution in [0.25, 0.3) is 11.4 Å². The van der Waals surface area contributed by atoms with E-state index in [9.17, 15) is 18.0 Å². The van der Waals surface area contributed by atoms with E-state index in [-0.39, 0.29) is 29.6 Å². The highest BCUT2D eigenvalue weighted by atomic mass is 19.4. The van der Waals surface area contributed by atoms with Crippen LogP contribution in [0.2, 0.25) is 0 Å². The van der Waals surface area contributed by atoms with Crippen molar-refractivity contribution >= 4 is 6.09 Å². The molecule has 3 rings (SSSR count). The molecule has 2 aromatic rings. The molecule has 1 aromatic heterocycles. The van der Waals surface area contributed by atoms with Crippen LogP contribution < -0.4 is 4.74 Å². The Balaban J connectivity index is 1.84. The molecule has 0 aliphatic carbocycles. The molecule has 0 unspecified atom stereocenters. The molecule has 7 nitrogen and oxygen atoms in total. The van der Waals surface area contributed by atoms with Gasteiger partial charge in [0.15, 0.2) is 0 Å². The Bertz CT molecular complexity index is 966. The van der Waals surface area contributed by atoms with Gasteiger partial charge in [0.25, 0.3) is 0 Å². The van der Waals surface area contributed by atoms with Crippen molar-refractivity contribution < 1.29 is 32.0 Å². The molecule has 1 fully saturated rings. The van der Waals surface area contributed by atoms with Crippen LogP contribution >= 0.6 is 0 Å². The lowest BCUT2D eigenvalue weighted by molar-refractivity contribution is -0.138. The highest BCUT2D eigenvalue weighted by Crippen LogP contribution is 2.39. The third-order valence-corrected chi connectivity index (χ3v) is 4.73. The standard InChI is InChI=1S/C22H26F3N3O4/c1-5-6-12-30-17-10-9-14(13-15(17)22(23,24)25)18-26-19(32-27-18)16-8-7-11-28(16)20(29)31-21(2,3)4/h5,9-10,13,16H,1,6-8,11-12H2,2-4H3/t16-/m0/s1. The van der Waals surface area contributed by atoms with Gasteiger partial charge >= 0.3 is 12.3 Å². The molecule has 1 aromatic carbocycles. The van der Waals surface area contributed by atoms with Crippen LogP contribution in [0.4, 0.5) is 18.0 Å². The predicted molar refractivity (Wildman–Crippen MR) is 110 cm³/mol. The van der Waals surface area contributed by atoms with E-state index in [1.807, 2.05) is 0 Å². The SMILES string of the molecule is C=CCCOc1ccc(-c2noc([C@@H]3CCCN3C(=O)OC(C)(C)C)n2)cc1C(F)(F)F. The molecule has 32 heavy (non-hydrogen) atoms. The molecule has 10 heteroatoms. The van der Waals surface area contributed by atoms with Crippen LogP contribution in [0.15, 0.2) is 35.4 Å². The number of benzene rings is 1. The number of likely N-dealkylation sites (tertiary alicyclic amines) is 1.